The van der Waals surface area contributed by atoms with Crippen molar-refractivity contribution in [3.8, 4) is 0 Å². The fourth-order valence-corrected chi connectivity index (χ4v) is 1.02. The molecule has 0 bridgehead atoms. The van der Waals surface area contributed by atoms with Crippen molar-refractivity contribution in [2.24, 2.45) is 5.73 Å². The van der Waals surface area contributed by atoms with Crippen LogP contribution >= 0.6 is 0 Å². The van der Waals surface area contributed by atoms with E-state index in [9.17, 15) is 5.11 Å². The van der Waals surface area contributed by atoms with E-state index in [0.717, 1.165) is 5.56 Å². The summed E-state index contributed by atoms with van der Waals surface area (Å²) in [7, 11) is 0. The number of hydrogen-bond donors (Lipinski definition) is 2. The second-order valence-corrected chi connectivity index (χ2v) is 2.91. The SMILES string of the molecule is Cc1ccoc1C(C)(O)CN. The van der Waals surface area contributed by atoms with Gasteiger partial charge in [0, 0.05) is 6.54 Å². The van der Waals surface area contributed by atoms with Gasteiger partial charge in [-0.3, -0.25) is 0 Å². The topological polar surface area (TPSA) is 59.4 Å². The van der Waals surface area contributed by atoms with Crippen molar-refractivity contribution in [2.45, 2.75) is 19.4 Å². The van der Waals surface area contributed by atoms with Gasteiger partial charge in [0.2, 0.25) is 0 Å². The molecule has 0 fully saturated rings. The van der Waals surface area contributed by atoms with Gasteiger partial charge in [-0.05, 0) is 25.5 Å². The minimum absolute atomic E-state index is 0.168. The van der Waals surface area contributed by atoms with E-state index in [2.05, 4.69) is 0 Å². The van der Waals surface area contributed by atoms with Crippen molar-refractivity contribution < 1.29 is 9.52 Å². The van der Waals surface area contributed by atoms with Crippen LogP contribution in [0.25, 0.3) is 0 Å². The Hall–Kier alpha value is -0.800. The van der Waals surface area contributed by atoms with E-state index in [4.69, 9.17) is 10.2 Å². The lowest BCUT2D eigenvalue weighted by molar-refractivity contribution is 0.0425. The van der Waals surface area contributed by atoms with Crippen LogP contribution in [0.1, 0.15) is 18.2 Å². The van der Waals surface area contributed by atoms with E-state index < -0.39 is 5.60 Å². The minimum atomic E-state index is -1.03. The van der Waals surface area contributed by atoms with Gasteiger partial charge in [0.15, 0.2) is 0 Å². The second kappa shape index (κ2) is 2.68. The first-order valence-corrected chi connectivity index (χ1v) is 3.55. The zero-order valence-corrected chi connectivity index (χ0v) is 6.79. The first kappa shape index (κ1) is 8.30. The molecule has 1 unspecified atom stereocenters. The normalized spacial score (nSPS) is 16.4. The van der Waals surface area contributed by atoms with E-state index in [1.54, 1.807) is 19.3 Å². The van der Waals surface area contributed by atoms with Gasteiger partial charge in [-0.25, -0.2) is 0 Å². The molecule has 0 aliphatic heterocycles. The first-order chi connectivity index (χ1) is 5.08. The van der Waals surface area contributed by atoms with Crippen LogP contribution in [-0.4, -0.2) is 11.7 Å². The van der Waals surface area contributed by atoms with E-state index >= 15 is 0 Å². The Kier molecular flexibility index (Phi) is 2.02. The summed E-state index contributed by atoms with van der Waals surface area (Å²) in [6.07, 6.45) is 1.55. The first-order valence-electron chi connectivity index (χ1n) is 3.55. The summed E-state index contributed by atoms with van der Waals surface area (Å²) in [5.74, 6) is 0.556. The largest absolute Gasteiger partial charge is 0.466 e. The molecule has 0 saturated heterocycles. The molecule has 0 aliphatic carbocycles. The lowest BCUT2D eigenvalue weighted by Gasteiger charge is -2.18. The molecule has 1 atom stereocenters. The third-order valence-electron chi connectivity index (χ3n) is 1.75. The average molecular weight is 155 g/mol. The quantitative estimate of drug-likeness (QED) is 0.662. The van der Waals surface area contributed by atoms with Gasteiger partial charge in [0.25, 0.3) is 0 Å². The molecule has 1 aromatic rings. The highest BCUT2D eigenvalue weighted by Crippen LogP contribution is 2.23. The highest BCUT2D eigenvalue weighted by molar-refractivity contribution is 5.20. The molecule has 3 heteroatoms. The number of aliphatic hydroxyl groups is 1. The molecule has 0 spiro atoms. The molecule has 1 rings (SSSR count). The fourth-order valence-electron chi connectivity index (χ4n) is 1.02. The summed E-state index contributed by atoms with van der Waals surface area (Å²) in [4.78, 5) is 0. The molecule has 62 valence electrons. The number of hydrogen-bond acceptors (Lipinski definition) is 3. The number of nitrogens with two attached hydrogens (primary N) is 1. The smallest absolute Gasteiger partial charge is 0.139 e. The van der Waals surface area contributed by atoms with Crippen molar-refractivity contribution in [2.75, 3.05) is 6.54 Å². The second-order valence-electron chi connectivity index (χ2n) is 2.91. The predicted molar refractivity (Wildman–Crippen MR) is 42.1 cm³/mol. The van der Waals surface area contributed by atoms with Crippen LogP contribution in [0.5, 0.6) is 0 Å². The van der Waals surface area contributed by atoms with Crippen LogP contribution in [0, 0.1) is 6.92 Å². The van der Waals surface area contributed by atoms with Crippen LogP contribution in [0.15, 0.2) is 16.7 Å². The highest BCUT2D eigenvalue weighted by Gasteiger charge is 2.26. The Morgan fingerprint density at radius 2 is 2.36 bits per heavy atom. The molecule has 1 heterocycles. The molecule has 0 aromatic carbocycles. The molecule has 3 nitrogen and oxygen atoms in total. The monoisotopic (exact) mass is 155 g/mol. The molecule has 0 radical (unpaired) electrons. The lowest BCUT2D eigenvalue weighted by Crippen LogP contribution is -2.31. The van der Waals surface area contributed by atoms with Gasteiger partial charge in [-0.2, -0.15) is 0 Å². The molecule has 0 aliphatic rings. The highest BCUT2D eigenvalue weighted by atomic mass is 16.4. The molecular weight excluding hydrogens is 142 g/mol. The maximum Gasteiger partial charge on any atom is 0.139 e. The number of furan rings is 1. The van der Waals surface area contributed by atoms with Crippen LogP contribution in [0.3, 0.4) is 0 Å². The zero-order valence-electron chi connectivity index (χ0n) is 6.79. The van der Waals surface area contributed by atoms with Gasteiger partial charge in [0.1, 0.15) is 11.4 Å². The Balaban J connectivity index is 3.00. The Labute approximate surface area is 65.8 Å². The molecule has 3 N–H and O–H groups in total. The van der Waals surface area contributed by atoms with Crippen LogP contribution < -0.4 is 5.73 Å². The standard InChI is InChI=1S/C8H13NO2/c1-6-3-4-11-7(6)8(2,10)5-9/h3-4,10H,5,9H2,1-2H3. The van der Waals surface area contributed by atoms with Crippen molar-refractivity contribution in [3.05, 3.63) is 23.7 Å². The number of rotatable bonds is 2. The van der Waals surface area contributed by atoms with Gasteiger partial charge in [-0.15, -0.1) is 0 Å². The van der Waals surface area contributed by atoms with Gasteiger partial charge in [0.05, 0.1) is 6.26 Å². The predicted octanol–water partition coefficient (Wildman–Crippen LogP) is 0.754. The summed E-state index contributed by atoms with van der Waals surface area (Å²) in [5.41, 5.74) is 5.25. The summed E-state index contributed by atoms with van der Waals surface area (Å²) in [6.45, 7) is 3.68. The maximum atomic E-state index is 9.65. The van der Waals surface area contributed by atoms with Crippen molar-refractivity contribution >= 4 is 0 Å². The fraction of sp³-hybridized carbons (Fsp3) is 0.500. The number of aryl methyl sites for hydroxylation is 1. The van der Waals surface area contributed by atoms with Gasteiger partial charge in [-0.1, -0.05) is 0 Å². The van der Waals surface area contributed by atoms with E-state index in [-0.39, 0.29) is 6.54 Å². The third kappa shape index (κ3) is 1.44. The summed E-state index contributed by atoms with van der Waals surface area (Å²) in [5, 5.41) is 9.65. The van der Waals surface area contributed by atoms with Crippen molar-refractivity contribution in [1.82, 2.24) is 0 Å². The van der Waals surface area contributed by atoms with Crippen LogP contribution in [0.4, 0.5) is 0 Å². The molecule has 0 amide bonds. The summed E-state index contributed by atoms with van der Waals surface area (Å²) in [6, 6.07) is 1.81. The Bertz CT molecular complexity index is 240. The van der Waals surface area contributed by atoms with Crippen molar-refractivity contribution in [3.63, 3.8) is 0 Å². The lowest BCUT2D eigenvalue weighted by atomic mass is 10.0. The van der Waals surface area contributed by atoms with Crippen molar-refractivity contribution in [1.29, 1.82) is 0 Å². The van der Waals surface area contributed by atoms with Gasteiger partial charge < -0.3 is 15.3 Å². The minimum Gasteiger partial charge on any atom is -0.466 e. The third-order valence-corrected chi connectivity index (χ3v) is 1.75. The summed E-state index contributed by atoms with van der Waals surface area (Å²) >= 11 is 0. The van der Waals surface area contributed by atoms with Gasteiger partial charge >= 0.3 is 0 Å². The van der Waals surface area contributed by atoms with E-state index in [1.807, 2.05) is 6.92 Å². The molecule has 1 aromatic heterocycles. The zero-order chi connectivity index (χ0) is 8.48. The summed E-state index contributed by atoms with van der Waals surface area (Å²) < 4.78 is 5.09. The molecule has 0 saturated carbocycles. The van der Waals surface area contributed by atoms with E-state index in [1.165, 1.54) is 0 Å². The average Bonchev–Trinajstić information content (AvgIpc) is 2.36. The van der Waals surface area contributed by atoms with E-state index in [0.29, 0.717) is 5.76 Å². The van der Waals surface area contributed by atoms with Crippen LogP contribution in [0.2, 0.25) is 0 Å². The van der Waals surface area contributed by atoms with Crippen LogP contribution in [-0.2, 0) is 5.60 Å². The maximum absolute atomic E-state index is 9.65. The Morgan fingerprint density at radius 3 is 2.73 bits per heavy atom. The molecule has 11 heavy (non-hydrogen) atoms. The Morgan fingerprint density at radius 1 is 1.73 bits per heavy atom. The molecular formula is C8H13NO2.